The molecule has 0 aliphatic rings. The molecule has 0 fully saturated rings. The van der Waals surface area contributed by atoms with E-state index >= 15 is 0 Å². The van der Waals surface area contributed by atoms with Gasteiger partial charge in [0.2, 0.25) is 0 Å². The molecule has 0 saturated carbocycles. The van der Waals surface area contributed by atoms with E-state index < -0.39 is 15.5 Å². The first kappa shape index (κ1) is 18.5. The van der Waals surface area contributed by atoms with Crippen LogP contribution in [0.1, 0.15) is 5.56 Å². The topological polar surface area (TPSA) is 123 Å². The molecule has 0 spiro atoms. The van der Waals surface area contributed by atoms with Gasteiger partial charge < -0.3 is 5.32 Å². The smallest absolute Gasteiger partial charge is 0.301 e. The third kappa shape index (κ3) is 4.67. The molecule has 0 amide bonds. The number of nitro groups is 2. The number of hydrogen-bond acceptors (Lipinski definition) is 7. The fourth-order valence-corrected chi connectivity index (χ4v) is 2.40. The van der Waals surface area contributed by atoms with Crippen LogP contribution in [0.15, 0.2) is 77.9 Å². The number of benzene rings is 3. The molecule has 3 aromatic carbocycles. The first-order chi connectivity index (χ1) is 13.5. The van der Waals surface area contributed by atoms with Gasteiger partial charge in [0.05, 0.1) is 22.1 Å². The molecule has 2 N–H and O–H groups in total. The van der Waals surface area contributed by atoms with E-state index in [2.05, 4.69) is 15.8 Å². The van der Waals surface area contributed by atoms with Crippen LogP contribution < -0.4 is 10.7 Å². The van der Waals surface area contributed by atoms with Crippen molar-refractivity contribution in [2.24, 2.45) is 5.10 Å². The molecule has 0 aromatic heterocycles. The molecule has 0 saturated heterocycles. The Morgan fingerprint density at radius 2 is 1.50 bits per heavy atom. The lowest BCUT2D eigenvalue weighted by Crippen LogP contribution is -1.98. The average molecular weight is 377 g/mol. The summed E-state index contributed by atoms with van der Waals surface area (Å²) < 4.78 is 0. The zero-order valence-electron chi connectivity index (χ0n) is 14.5. The van der Waals surface area contributed by atoms with Crippen molar-refractivity contribution >= 4 is 34.7 Å². The fraction of sp³-hybridized carbons (Fsp3) is 0. The number of nitrogens with one attached hydrogen (secondary N) is 2. The summed E-state index contributed by atoms with van der Waals surface area (Å²) in [7, 11) is 0. The van der Waals surface area contributed by atoms with Gasteiger partial charge in [0, 0.05) is 17.4 Å². The molecule has 0 aliphatic heterocycles. The van der Waals surface area contributed by atoms with Crippen molar-refractivity contribution in [3.05, 3.63) is 98.6 Å². The molecule has 9 nitrogen and oxygen atoms in total. The number of nitro benzene ring substituents is 2. The van der Waals surface area contributed by atoms with Gasteiger partial charge in [-0.1, -0.05) is 30.3 Å². The van der Waals surface area contributed by atoms with E-state index in [9.17, 15) is 20.2 Å². The SMILES string of the molecule is O=[N+]([O-])c1ccc(N/N=C\c2ccc(Nc3ccccc3)cc2)c([N+](=O)[O-])c1. The summed E-state index contributed by atoms with van der Waals surface area (Å²) in [6, 6.07) is 20.5. The van der Waals surface area contributed by atoms with Crippen molar-refractivity contribution in [1.82, 2.24) is 0 Å². The second-order valence-corrected chi connectivity index (χ2v) is 5.70. The third-order valence-corrected chi connectivity index (χ3v) is 3.76. The predicted octanol–water partition coefficient (Wildman–Crippen LogP) is 4.69. The first-order valence-electron chi connectivity index (χ1n) is 8.17. The van der Waals surface area contributed by atoms with E-state index in [1.165, 1.54) is 18.3 Å². The Morgan fingerprint density at radius 1 is 0.821 bits per heavy atom. The third-order valence-electron chi connectivity index (χ3n) is 3.76. The average Bonchev–Trinajstić information content (AvgIpc) is 2.70. The van der Waals surface area contributed by atoms with Gasteiger partial charge in [-0.25, -0.2) is 0 Å². The zero-order valence-corrected chi connectivity index (χ0v) is 14.5. The molecule has 28 heavy (non-hydrogen) atoms. The van der Waals surface area contributed by atoms with Crippen LogP contribution in [0.2, 0.25) is 0 Å². The summed E-state index contributed by atoms with van der Waals surface area (Å²) in [6.45, 7) is 0. The van der Waals surface area contributed by atoms with E-state index in [4.69, 9.17) is 0 Å². The van der Waals surface area contributed by atoms with Gasteiger partial charge in [-0.3, -0.25) is 25.7 Å². The predicted molar refractivity (Wildman–Crippen MR) is 107 cm³/mol. The molecule has 0 heterocycles. The van der Waals surface area contributed by atoms with Gasteiger partial charge >= 0.3 is 5.69 Å². The standard InChI is InChI=1S/C19H15N5O4/c25-23(26)17-10-11-18(19(12-17)24(27)28)22-20-13-14-6-8-16(9-7-14)21-15-4-2-1-3-5-15/h1-13,21-22H/b20-13-. The Bertz CT molecular complexity index is 1020. The second kappa shape index (κ2) is 8.41. The Labute approximate surface area is 159 Å². The maximum Gasteiger partial charge on any atom is 0.301 e. The van der Waals surface area contributed by atoms with Crippen LogP contribution in [0, 0.1) is 20.2 Å². The highest BCUT2D eigenvalue weighted by molar-refractivity contribution is 5.81. The minimum Gasteiger partial charge on any atom is -0.356 e. The monoisotopic (exact) mass is 377 g/mol. The lowest BCUT2D eigenvalue weighted by molar-refractivity contribution is -0.393. The summed E-state index contributed by atoms with van der Waals surface area (Å²) in [5.41, 5.74) is 4.48. The lowest BCUT2D eigenvalue weighted by atomic mass is 10.2. The molecule has 0 radical (unpaired) electrons. The van der Waals surface area contributed by atoms with Crippen LogP contribution in [0.25, 0.3) is 0 Å². The quantitative estimate of drug-likeness (QED) is 0.350. The van der Waals surface area contributed by atoms with E-state index in [0.717, 1.165) is 23.0 Å². The largest absolute Gasteiger partial charge is 0.356 e. The molecule has 0 unspecified atom stereocenters. The normalized spacial score (nSPS) is 10.6. The van der Waals surface area contributed by atoms with E-state index in [-0.39, 0.29) is 11.4 Å². The van der Waals surface area contributed by atoms with Crippen molar-refractivity contribution in [2.45, 2.75) is 0 Å². The molecule has 0 aliphatic carbocycles. The molecular weight excluding hydrogens is 362 g/mol. The lowest BCUT2D eigenvalue weighted by Gasteiger charge is -2.06. The van der Waals surface area contributed by atoms with Gasteiger partial charge in [-0.15, -0.1) is 0 Å². The van der Waals surface area contributed by atoms with Crippen molar-refractivity contribution in [2.75, 3.05) is 10.7 Å². The minimum atomic E-state index is -0.700. The number of hydrazone groups is 1. The number of nitrogens with zero attached hydrogens (tertiary/aromatic N) is 3. The summed E-state index contributed by atoms with van der Waals surface area (Å²) >= 11 is 0. The molecule has 0 bridgehead atoms. The van der Waals surface area contributed by atoms with Crippen LogP contribution >= 0.6 is 0 Å². The Balaban J connectivity index is 1.67. The van der Waals surface area contributed by atoms with E-state index in [1.807, 2.05) is 54.6 Å². The highest BCUT2D eigenvalue weighted by atomic mass is 16.6. The number of para-hydroxylation sites is 1. The zero-order chi connectivity index (χ0) is 19.9. The van der Waals surface area contributed by atoms with Crippen LogP contribution in [-0.4, -0.2) is 16.1 Å². The second-order valence-electron chi connectivity index (χ2n) is 5.70. The van der Waals surface area contributed by atoms with Gasteiger partial charge in [0.25, 0.3) is 5.69 Å². The maximum absolute atomic E-state index is 11.1. The van der Waals surface area contributed by atoms with Crippen LogP contribution in [-0.2, 0) is 0 Å². The molecule has 3 aromatic rings. The highest BCUT2D eigenvalue weighted by Crippen LogP contribution is 2.28. The maximum atomic E-state index is 11.1. The molecular formula is C19H15N5O4. The van der Waals surface area contributed by atoms with Gasteiger partial charge in [-0.05, 0) is 35.9 Å². The van der Waals surface area contributed by atoms with E-state index in [1.54, 1.807) is 0 Å². The molecule has 0 atom stereocenters. The van der Waals surface area contributed by atoms with Gasteiger partial charge in [-0.2, -0.15) is 5.10 Å². The fourth-order valence-electron chi connectivity index (χ4n) is 2.40. The number of hydrogen-bond donors (Lipinski definition) is 2. The Kier molecular flexibility index (Phi) is 5.56. The van der Waals surface area contributed by atoms with Crippen LogP contribution in [0.3, 0.4) is 0 Å². The van der Waals surface area contributed by atoms with Crippen LogP contribution in [0.5, 0.6) is 0 Å². The molecule has 3 rings (SSSR count). The van der Waals surface area contributed by atoms with Crippen LogP contribution in [0.4, 0.5) is 28.4 Å². The van der Waals surface area contributed by atoms with Crippen molar-refractivity contribution in [3.8, 4) is 0 Å². The minimum absolute atomic E-state index is 0.0641. The molecule has 9 heteroatoms. The Hall–Kier alpha value is -4.27. The summed E-state index contributed by atoms with van der Waals surface area (Å²) in [5, 5.41) is 29.1. The summed E-state index contributed by atoms with van der Waals surface area (Å²) in [4.78, 5) is 20.5. The summed E-state index contributed by atoms with van der Waals surface area (Å²) in [5.74, 6) is 0. The number of anilines is 3. The number of non-ortho nitro benzene ring substituents is 1. The van der Waals surface area contributed by atoms with Gasteiger partial charge in [0.1, 0.15) is 5.69 Å². The Morgan fingerprint density at radius 3 is 2.14 bits per heavy atom. The van der Waals surface area contributed by atoms with Gasteiger partial charge in [0.15, 0.2) is 0 Å². The van der Waals surface area contributed by atoms with Crippen molar-refractivity contribution in [3.63, 3.8) is 0 Å². The van der Waals surface area contributed by atoms with Crippen molar-refractivity contribution < 1.29 is 9.85 Å². The van der Waals surface area contributed by atoms with Crippen molar-refractivity contribution in [1.29, 1.82) is 0 Å². The highest BCUT2D eigenvalue weighted by Gasteiger charge is 2.18. The van der Waals surface area contributed by atoms with E-state index in [0.29, 0.717) is 0 Å². The summed E-state index contributed by atoms with van der Waals surface area (Å²) in [6.07, 6.45) is 1.50. The molecule has 140 valence electrons. The first-order valence-corrected chi connectivity index (χ1v) is 8.17. The number of rotatable bonds is 7.